The number of alkyl halides is 2. The van der Waals surface area contributed by atoms with Gasteiger partial charge in [-0.15, -0.1) is 0 Å². The van der Waals surface area contributed by atoms with Gasteiger partial charge in [0.25, 0.3) is 5.91 Å². The van der Waals surface area contributed by atoms with E-state index in [0.717, 1.165) is 10.9 Å². The standard InChI is InChI=1S/C17H16F2N2O3/c18-17(19)8-15(9-17)6-16(7-15,14(23)24)21-13(22)12-5-10-3-1-2-4-11(10)20-12/h1-5,20H,6-9H2,(H,21,22)(H,23,24). The third kappa shape index (κ3) is 2.18. The van der Waals surface area contributed by atoms with Crippen LogP contribution in [0.2, 0.25) is 0 Å². The second-order valence-electron chi connectivity index (χ2n) is 7.17. The Kier molecular flexibility index (Phi) is 2.87. The van der Waals surface area contributed by atoms with E-state index in [1.807, 2.05) is 24.3 Å². The predicted molar refractivity (Wildman–Crippen MR) is 82.0 cm³/mol. The molecule has 2 aromatic rings. The van der Waals surface area contributed by atoms with Crippen LogP contribution in [-0.2, 0) is 4.79 Å². The lowest BCUT2D eigenvalue weighted by Crippen LogP contribution is -2.71. The molecule has 7 heteroatoms. The van der Waals surface area contributed by atoms with E-state index in [2.05, 4.69) is 10.3 Å². The number of benzene rings is 1. The van der Waals surface area contributed by atoms with Gasteiger partial charge in [-0.1, -0.05) is 18.2 Å². The summed E-state index contributed by atoms with van der Waals surface area (Å²) in [5.74, 6) is -4.41. The molecule has 1 aromatic heterocycles. The van der Waals surface area contributed by atoms with Crippen molar-refractivity contribution in [2.24, 2.45) is 5.41 Å². The summed E-state index contributed by atoms with van der Waals surface area (Å²) in [6.07, 6.45) is -0.484. The lowest BCUT2D eigenvalue weighted by atomic mass is 9.47. The second-order valence-corrected chi connectivity index (χ2v) is 7.17. The molecule has 0 atom stereocenters. The number of para-hydroxylation sites is 1. The van der Waals surface area contributed by atoms with E-state index in [-0.39, 0.29) is 31.4 Å². The number of H-pyrrole nitrogens is 1. The van der Waals surface area contributed by atoms with E-state index in [1.165, 1.54) is 0 Å². The Morgan fingerprint density at radius 2 is 1.79 bits per heavy atom. The van der Waals surface area contributed by atoms with E-state index in [1.54, 1.807) is 6.07 Å². The van der Waals surface area contributed by atoms with Gasteiger partial charge in [0.1, 0.15) is 11.2 Å². The van der Waals surface area contributed by atoms with Gasteiger partial charge in [0.05, 0.1) is 0 Å². The normalized spacial score (nSPS) is 22.6. The molecular formula is C17H16F2N2O3. The quantitative estimate of drug-likeness (QED) is 0.807. The van der Waals surface area contributed by atoms with Gasteiger partial charge < -0.3 is 15.4 Å². The molecule has 1 heterocycles. The van der Waals surface area contributed by atoms with Crippen LogP contribution in [0.4, 0.5) is 8.78 Å². The monoisotopic (exact) mass is 334 g/mol. The Bertz CT molecular complexity index is 809. The largest absolute Gasteiger partial charge is 0.480 e. The molecule has 1 aromatic carbocycles. The summed E-state index contributed by atoms with van der Waals surface area (Å²) in [4.78, 5) is 27.0. The smallest absolute Gasteiger partial charge is 0.329 e. The van der Waals surface area contributed by atoms with Crippen LogP contribution in [-0.4, -0.2) is 33.4 Å². The number of halogens is 2. The molecule has 0 bridgehead atoms. The van der Waals surface area contributed by atoms with E-state index in [9.17, 15) is 23.5 Å². The zero-order valence-corrected chi connectivity index (χ0v) is 12.7. The van der Waals surface area contributed by atoms with Crippen molar-refractivity contribution in [2.45, 2.75) is 37.1 Å². The van der Waals surface area contributed by atoms with Gasteiger partial charge in [0.2, 0.25) is 5.92 Å². The van der Waals surface area contributed by atoms with Gasteiger partial charge in [-0.2, -0.15) is 0 Å². The van der Waals surface area contributed by atoms with Gasteiger partial charge in [0.15, 0.2) is 0 Å². The molecule has 1 amide bonds. The fourth-order valence-electron chi connectivity index (χ4n) is 4.30. The molecule has 0 radical (unpaired) electrons. The molecule has 2 fully saturated rings. The van der Waals surface area contributed by atoms with Crippen LogP contribution < -0.4 is 5.32 Å². The SMILES string of the molecule is O=C(NC1(C(=O)O)CC2(CC(F)(F)C2)C1)c1cc2ccccc2[nH]1. The third-order valence-corrected chi connectivity index (χ3v) is 5.16. The first kappa shape index (κ1) is 15.1. The highest BCUT2D eigenvalue weighted by atomic mass is 19.3. The van der Waals surface area contributed by atoms with Crippen LogP contribution in [0.3, 0.4) is 0 Å². The minimum atomic E-state index is -2.70. The molecule has 24 heavy (non-hydrogen) atoms. The van der Waals surface area contributed by atoms with Gasteiger partial charge >= 0.3 is 5.97 Å². The van der Waals surface area contributed by atoms with E-state index in [4.69, 9.17) is 0 Å². The van der Waals surface area contributed by atoms with Crippen LogP contribution in [0.25, 0.3) is 10.9 Å². The van der Waals surface area contributed by atoms with Crippen LogP contribution in [0.15, 0.2) is 30.3 Å². The number of hydrogen-bond donors (Lipinski definition) is 3. The lowest BCUT2D eigenvalue weighted by Gasteiger charge is -2.61. The van der Waals surface area contributed by atoms with Gasteiger partial charge in [-0.25, -0.2) is 13.6 Å². The zero-order valence-electron chi connectivity index (χ0n) is 12.7. The highest BCUT2D eigenvalue weighted by molar-refractivity contribution is 6.00. The molecule has 1 spiro atoms. The number of rotatable bonds is 3. The average molecular weight is 334 g/mol. The number of hydrogen-bond acceptors (Lipinski definition) is 2. The summed E-state index contributed by atoms with van der Waals surface area (Å²) in [5.41, 5.74) is -1.06. The number of carboxylic acids is 1. The van der Waals surface area contributed by atoms with Crippen LogP contribution >= 0.6 is 0 Å². The maximum absolute atomic E-state index is 13.1. The number of carbonyl (C=O) groups is 2. The number of carbonyl (C=O) groups excluding carboxylic acids is 1. The molecule has 3 N–H and O–H groups in total. The number of amides is 1. The van der Waals surface area contributed by atoms with Crippen molar-refractivity contribution in [3.05, 3.63) is 36.0 Å². The average Bonchev–Trinajstić information content (AvgIpc) is 2.86. The molecule has 4 rings (SSSR count). The number of nitrogens with one attached hydrogen (secondary N) is 2. The Hall–Kier alpha value is -2.44. The fourth-order valence-corrected chi connectivity index (χ4v) is 4.30. The summed E-state index contributed by atoms with van der Waals surface area (Å²) in [5, 5.41) is 12.9. The Morgan fingerprint density at radius 3 is 2.38 bits per heavy atom. The first-order valence-corrected chi connectivity index (χ1v) is 7.74. The van der Waals surface area contributed by atoms with Crippen LogP contribution in [0.1, 0.15) is 36.2 Å². The topological polar surface area (TPSA) is 82.2 Å². The summed E-state index contributed by atoms with van der Waals surface area (Å²) in [6, 6.07) is 8.96. The molecule has 0 aliphatic heterocycles. The fraction of sp³-hybridized carbons (Fsp3) is 0.412. The predicted octanol–water partition coefficient (Wildman–Crippen LogP) is 2.93. The molecular weight excluding hydrogens is 318 g/mol. The summed E-state index contributed by atoms with van der Waals surface area (Å²) >= 11 is 0. The zero-order chi connectivity index (χ0) is 17.2. The molecule has 0 saturated heterocycles. The maximum Gasteiger partial charge on any atom is 0.329 e. The number of aromatic amines is 1. The van der Waals surface area contributed by atoms with Gasteiger partial charge in [-0.3, -0.25) is 4.79 Å². The first-order chi connectivity index (χ1) is 11.2. The first-order valence-electron chi connectivity index (χ1n) is 7.74. The molecule has 2 aliphatic carbocycles. The van der Waals surface area contributed by atoms with Crippen molar-refractivity contribution >= 4 is 22.8 Å². The summed E-state index contributed by atoms with van der Waals surface area (Å²) < 4.78 is 26.2. The number of aromatic nitrogens is 1. The Balaban J connectivity index is 1.52. The molecule has 5 nitrogen and oxygen atoms in total. The van der Waals surface area contributed by atoms with Crippen molar-refractivity contribution in [1.29, 1.82) is 0 Å². The van der Waals surface area contributed by atoms with E-state index >= 15 is 0 Å². The third-order valence-electron chi connectivity index (χ3n) is 5.16. The molecule has 2 aliphatic rings. The maximum atomic E-state index is 13.1. The number of carboxylic acid groups (broad SMARTS) is 1. The number of fused-ring (bicyclic) bond motifs is 1. The van der Waals surface area contributed by atoms with Crippen molar-refractivity contribution in [3.63, 3.8) is 0 Å². The lowest BCUT2D eigenvalue weighted by molar-refractivity contribution is -0.220. The van der Waals surface area contributed by atoms with Crippen molar-refractivity contribution in [1.82, 2.24) is 10.3 Å². The molecule has 126 valence electrons. The van der Waals surface area contributed by atoms with Crippen LogP contribution in [0, 0.1) is 5.41 Å². The van der Waals surface area contributed by atoms with Crippen molar-refractivity contribution in [3.8, 4) is 0 Å². The highest BCUT2D eigenvalue weighted by Gasteiger charge is 2.69. The minimum Gasteiger partial charge on any atom is -0.480 e. The Morgan fingerprint density at radius 1 is 1.12 bits per heavy atom. The van der Waals surface area contributed by atoms with Gasteiger partial charge in [0, 0.05) is 23.7 Å². The van der Waals surface area contributed by atoms with E-state index in [0.29, 0.717) is 0 Å². The Labute approximate surface area is 136 Å². The van der Waals surface area contributed by atoms with Gasteiger partial charge in [-0.05, 0) is 30.4 Å². The van der Waals surface area contributed by atoms with Crippen molar-refractivity contribution < 1.29 is 23.5 Å². The van der Waals surface area contributed by atoms with E-state index < -0.39 is 28.8 Å². The minimum absolute atomic E-state index is 0.0525. The van der Waals surface area contributed by atoms with Crippen molar-refractivity contribution in [2.75, 3.05) is 0 Å². The molecule has 2 saturated carbocycles. The molecule has 0 unspecified atom stereocenters. The number of aliphatic carboxylic acids is 1. The van der Waals surface area contributed by atoms with Crippen LogP contribution in [0.5, 0.6) is 0 Å². The summed E-state index contributed by atoms with van der Waals surface area (Å²) in [7, 11) is 0. The summed E-state index contributed by atoms with van der Waals surface area (Å²) in [6.45, 7) is 0. The second kappa shape index (κ2) is 4.55. The highest BCUT2D eigenvalue weighted by Crippen LogP contribution is 2.65.